The molecule has 0 heterocycles. The van der Waals surface area contributed by atoms with E-state index in [2.05, 4.69) is 0 Å². The smallest absolute Gasteiger partial charge is 0.222 e. The Hall–Kier alpha value is -1.26. The average molecular weight is 438 g/mol. The van der Waals surface area contributed by atoms with Crippen LogP contribution in [0.25, 0.3) is 0 Å². The Kier molecular flexibility index (Phi) is 5.35. The standard InChI is InChI=1S/C8F18/c9-1(5(15,16)17,3(11,12)7(21,22)23)2(10,6(18,19)20)4(13,14)8(24,25)26. The fourth-order valence-electron chi connectivity index (χ4n) is 1.57. The summed E-state index contributed by atoms with van der Waals surface area (Å²) in [5, 5.41) is 0. The second-order valence-electron chi connectivity index (χ2n) is 4.46. The molecule has 0 amide bonds. The Morgan fingerprint density at radius 3 is 0.462 bits per heavy atom. The van der Waals surface area contributed by atoms with Crippen LogP contribution in [0.15, 0.2) is 0 Å². The Balaban J connectivity index is 7.50. The molecule has 0 aliphatic rings. The molecule has 0 nitrogen and oxygen atoms in total. The summed E-state index contributed by atoms with van der Waals surface area (Å²) in [6.45, 7) is 0. The summed E-state index contributed by atoms with van der Waals surface area (Å²) in [5.74, 6) is -17.4. The molecule has 0 aliphatic carbocycles. The molecule has 26 heavy (non-hydrogen) atoms. The van der Waals surface area contributed by atoms with Gasteiger partial charge in [0.05, 0.1) is 0 Å². The molecule has 18 heteroatoms. The van der Waals surface area contributed by atoms with Crippen molar-refractivity contribution in [3.05, 3.63) is 0 Å². The van der Waals surface area contributed by atoms with E-state index in [9.17, 15) is 79.0 Å². The Morgan fingerprint density at radius 2 is 0.385 bits per heavy atom. The van der Waals surface area contributed by atoms with E-state index >= 15 is 0 Å². The highest BCUT2D eigenvalue weighted by Crippen LogP contribution is 2.68. The van der Waals surface area contributed by atoms with Crippen molar-refractivity contribution in [2.24, 2.45) is 0 Å². The summed E-state index contributed by atoms with van der Waals surface area (Å²) in [4.78, 5) is 0. The Labute approximate surface area is 128 Å². The minimum Gasteiger partial charge on any atom is -0.222 e. The van der Waals surface area contributed by atoms with Gasteiger partial charge in [-0.1, -0.05) is 0 Å². The zero-order valence-electron chi connectivity index (χ0n) is 10.8. The van der Waals surface area contributed by atoms with Crippen molar-refractivity contribution < 1.29 is 79.0 Å². The molecule has 158 valence electrons. The second-order valence-corrected chi connectivity index (χ2v) is 4.46. The van der Waals surface area contributed by atoms with Crippen molar-refractivity contribution in [2.45, 2.75) is 47.9 Å². The summed E-state index contributed by atoms with van der Waals surface area (Å²) in [6, 6.07) is 0. The zero-order chi connectivity index (χ0) is 22.0. The van der Waals surface area contributed by atoms with E-state index in [-0.39, 0.29) is 0 Å². The van der Waals surface area contributed by atoms with Crippen LogP contribution < -0.4 is 0 Å². The van der Waals surface area contributed by atoms with Crippen molar-refractivity contribution in [3.63, 3.8) is 0 Å². The van der Waals surface area contributed by atoms with Crippen LogP contribution in [0.2, 0.25) is 0 Å². The van der Waals surface area contributed by atoms with Gasteiger partial charge in [0.15, 0.2) is 0 Å². The molecule has 0 fully saturated rings. The third kappa shape index (κ3) is 2.82. The van der Waals surface area contributed by atoms with Gasteiger partial charge >= 0.3 is 47.9 Å². The van der Waals surface area contributed by atoms with Crippen LogP contribution in [0.4, 0.5) is 79.0 Å². The van der Waals surface area contributed by atoms with Gasteiger partial charge in [0, 0.05) is 0 Å². The first-order valence-corrected chi connectivity index (χ1v) is 5.15. The lowest BCUT2D eigenvalue weighted by atomic mass is 9.74. The predicted octanol–water partition coefficient (Wildman–Crippen LogP) is 5.92. The number of rotatable bonds is 3. The maximum absolute atomic E-state index is 13.5. The molecule has 0 spiro atoms. The molecule has 0 aromatic rings. The molecular weight excluding hydrogens is 438 g/mol. The number of hydrogen-bond donors (Lipinski definition) is 0. The van der Waals surface area contributed by atoms with Gasteiger partial charge in [-0.05, 0) is 0 Å². The lowest BCUT2D eigenvalue weighted by Gasteiger charge is -2.47. The van der Waals surface area contributed by atoms with Crippen LogP contribution in [-0.2, 0) is 0 Å². The Morgan fingerprint density at radius 1 is 0.231 bits per heavy atom. The van der Waals surface area contributed by atoms with Crippen molar-refractivity contribution in [1.29, 1.82) is 0 Å². The van der Waals surface area contributed by atoms with E-state index in [4.69, 9.17) is 0 Å². The lowest BCUT2D eigenvalue weighted by molar-refractivity contribution is -0.481. The predicted molar refractivity (Wildman–Crippen MR) is 41.8 cm³/mol. The van der Waals surface area contributed by atoms with Gasteiger partial charge in [-0.2, -0.15) is 70.2 Å². The zero-order valence-corrected chi connectivity index (χ0v) is 10.8. The Bertz CT molecular complexity index is 465. The largest absolute Gasteiger partial charge is 0.457 e. The van der Waals surface area contributed by atoms with Gasteiger partial charge in [0.25, 0.3) is 0 Å². The van der Waals surface area contributed by atoms with Crippen LogP contribution in [-0.4, -0.2) is 47.9 Å². The van der Waals surface area contributed by atoms with Crippen LogP contribution in [0.3, 0.4) is 0 Å². The monoisotopic (exact) mass is 438 g/mol. The maximum Gasteiger partial charge on any atom is 0.457 e. The molecule has 0 N–H and O–H groups in total. The third-order valence-corrected chi connectivity index (χ3v) is 2.83. The highest BCUT2D eigenvalue weighted by Gasteiger charge is 3.01. The average Bonchev–Trinajstić information content (AvgIpc) is 2.30. The van der Waals surface area contributed by atoms with Crippen LogP contribution in [0.5, 0.6) is 0 Å². The fourth-order valence-corrected chi connectivity index (χ4v) is 1.57. The quantitative estimate of drug-likeness (QED) is 0.480. The first kappa shape index (κ1) is 24.7. The fraction of sp³-hybridized carbons (Fsp3) is 1.00. The topological polar surface area (TPSA) is 0 Å². The molecule has 0 saturated carbocycles. The van der Waals surface area contributed by atoms with Gasteiger partial charge < -0.3 is 0 Å². The molecule has 0 radical (unpaired) electrons. The van der Waals surface area contributed by atoms with Gasteiger partial charge in [-0.25, -0.2) is 8.78 Å². The van der Waals surface area contributed by atoms with E-state index in [1.807, 2.05) is 0 Å². The molecule has 2 unspecified atom stereocenters. The van der Waals surface area contributed by atoms with E-state index in [0.29, 0.717) is 0 Å². The van der Waals surface area contributed by atoms with Gasteiger partial charge in [0.2, 0.25) is 0 Å². The van der Waals surface area contributed by atoms with Crippen molar-refractivity contribution >= 4 is 0 Å². The minimum absolute atomic E-state index is 8.17. The summed E-state index contributed by atoms with van der Waals surface area (Å²) >= 11 is 0. The minimum atomic E-state index is -9.12. The summed E-state index contributed by atoms with van der Waals surface area (Å²) in [5.41, 5.74) is -18.2. The first-order chi connectivity index (χ1) is 10.8. The summed E-state index contributed by atoms with van der Waals surface area (Å²) in [7, 11) is 0. The first-order valence-electron chi connectivity index (χ1n) is 5.15. The summed E-state index contributed by atoms with van der Waals surface area (Å²) in [6.07, 6.45) is -33.4. The molecule has 2 atom stereocenters. The maximum atomic E-state index is 13.5. The number of halogens is 18. The van der Waals surface area contributed by atoms with Gasteiger partial charge in [0.1, 0.15) is 0 Å². The molecular formula is C8F18. The molecule has 0 aliphatic heterocycles. The van der Waals surface area contributed by atoms with E-state index in [1.165, 1.54) is 0 Å². The van der Waals surface area contributed by atoms with Gasteiger partial charge in [-0.15, -0.1) is 0 Å². The van der Waals surface area contributed by atoms with Crippen LogP contribution >= 0.6 is 0 Å². The number of alkyl halides is 18. The van der Waals surface area contributed by atoms with Crippen molar-refractivity contribution in [2.75, 3.05) is 0 Å². The van der Waals surface area contributed by atoms with Crippen molar-refractivity contribution in [1.82, 2.24) is 0 Å². The highest BCUT2D eigenvalue weighted by molar-refractivity contribution is 5.24. The lowest BCUT2D eigenvalue weighted by Crippen LogP contribution is -2.82. The normalized spacial score (nSPS) is 20.5. The molecule has 0 rings (SSSR count). The van der Waals surface area contributed by atoms with E-state index in [1.54, 1.807) is 0 Å². The highest BCUT2D eigenvalue weighted by atomic mass is 19.4. The number of hydrogen-bond acceptors (Lipinski definition) is 0. The van der Waals surface area contributed by atoms with Crippen molar-refractivity contribution in [3.8, 4) is 0 Å². The molecule has 0 bridgehead atoms. The van der Waals surface area contributed by atoms with E-state index < -0.39 is 47.9 Å². The molecule has 0 aromatic heterocycles. The van der Waals surface area contributed by atoms with Crippen LogP contribution in [0, 0.1) is 0 Å². The van der Waals surface area contributed by atoms with Crippen LogP contribution in [0.1, 0.15) is 0 Å². The second kappa shape index (κ2) is 5.62. The molecule has 0 aromatic carbocycles. The SMILES string of the molecule is FC(F)(F)C(F)(F)C(F)(C(F)(F)F)C(F)(C(F)(F)F)C(F)(F)C(F)(F)F. The summed E-state index contributed by atoms with van der Waals surface area (Å²) < 4.78 is 223. The van der Waals surface area contributed by atoms with E-state index in [0.717, 1.165) is 0 Å². The third-order valence-electron chi connectivity index (χ3n) is 2.83. The molecule has 0 saturated heterocycles. The van der Waals surface area contributed by atoms with Gasteiger partial charge in [-0.3, -0.25) is 0 Å².